The summed E-state index contributed by atoms with van der Waals surface area (Å²) in [5.74, 6) is -0.206. The number of aromatic nitrogens is 2. The monoisotopic (exact) mass is 260 g/mol. The van der Waals surface area contributed by atoms with Gasteiger partial charge in [-0.2, -0.15) is 0 Å². The fourth-order valence-corrected chi connectivity index (χ4v) is 1.69. The Bertz CT molecular complexity index is 358. The highest BCUT2D eigenvalue weighted by molar-refractivity contribution is 7.15. The first-order valence-corrected chi connectivity index (χ1v) is 5.90. The van der Waals surface area contributed by atoms with E-state index in [9.17, 15) is 4.79 Å². The molecule has 0 radical (unpaired) electrons. The molecule has 0 aliphatic rings. The third-order valence-corrected chi connectivity index (χ3v) is 2.80. The van der Waals surface area contributed by atoms with Crippen molar-refractivity contribution in [3.63, 3.8) is 0 Å². The predicted molar refractivity (Wildman–Crippen MR) is 63.6 cm³/mol. The second kappa shape index (κ2) is 7.15. The second-order valence-electron chi connectivity index (χ2n) is 3.31. The smallest absolute Gasteiger partial charge is 0.246 e. The number of rotatable bonds is 7. The molecule has 0 aromatic carbocycles. The van der Waals surface area contributed by atoms with Gasteiger partial charge in [-0.15, -0.1) is 10.2 Å². The maximum absolute atomic E-state index is 11.4. The van der Waals surface area contributed by atoms with Crippen LogP contribution in [-0.4, -0.2) is 43.0 Å². The van der Waals surface area contributed by atoms with Crippen molar-refractivity contribution in [3.8, 4) is 0 Å². The Morgan fingerprint density at radius 3 is 2.88 bits per heavy atom. The lowest BCUT2D eigenvalue weighted by Crippen LogP contribution is -2.30. The summed E-state index contributed by atoms with van der Waals surface area (Å²) in [4.78, 5) is 11.4. The molecule has 17 heavy (non-hydrogen) atoms. The lowest BCUT2D eigenvalue weighted by atomic mass is 10.3. The molecule has 0 bridgehead atoms. The predicted octanol–water partition coefficient (Wildman–Crippen LogP) is -0.0395. The lowest BCUT2D eigenvalue weighted by Gasteiger charge is -2.10. The maximum atomic E-state index is 11.4. The van der Waals surface area contributed by atoms with E-state index in [0.29, 0.717) is 23.4 Å². The number of ether oxygens (including phenoxy) is 2. The standard InChI is InChI=1S/C9H16N4O3S/c1-6(8-12-13-9(10)17-8)11-7(14)5-16-4-3-15-2/h6H,3-5H2,1-2H3,(H2,10,13)(H,11,14)/t6-/m1/s1. The van der Waals surface area contributed by atoms with E-state index in [-0.39, 0.29) is 18.6 Å². The largest absolute Gasteiger partial charge is 0.382 e. The zero-order chi connectivity index (χ0) is 12.7. The summed E-state index contributed by atoms with van der Waals surface area (Å²) in [5, 5.41) is 11.3. The molecule has 1 atom stereocenters. The van der Waals surface area contributed by atoms with E-state index in [4.69, 9.17) is 15.2 Å². The molecule has 7 nitrogen and oxygen atoms in total. The molecule has 0 aliphatic carbocycles. The molecule has 1 aromatic rings. The molecule has 1 rings (SSSR count). The van der Waals surface area contributed by atoms with Crippen molar-refractivity contribution >= 4 is 22.4 Å². The van der Waals surface area contributed by atoms with Crippen LogP contribution in [0.1, 0.15) is 18.0 Å². The number of carbonyl (C=O) groups excluding carboxylic acids is 1. The van der Waals surface area contributed by atoms with Crippen LogP contribution in [0.4, 0.5) is 5.13 Å². The Kier molecular flexibility index (Phi) is 5.81. The van der Waals surface area contributed by atoms with Crippen LogP contribution in [0.15, 0.2) is 0 Å². The van der Waals surface area contributed by atoms with E-state index in [0.717, 1.165) is 0 Å². The van der Waals surface area contributed by atoms with E-state index in [2.05, 4.69) is 15.5 Å². The Hall–Kier alpha value is -1.25. The molecule has 0 aliphatic heterocycles. The van der Waals surface area contributed by atoms with Crippen LogP contribution < -0.4 is 11.1 Å². The molecule has 1 heterocycles. The summed E-state index contributed by atoms with van der Waals surface area (Å²) in [6, 6.07) is -0.219. The van der Waals surface area contributed by atoms with Gasteiger partial charge in [-0.25, -0.2) is 0 Å². The van der Waals surface area contributed by atoms with Crippen molar-refractivity contribution in [2.45, 2.75) is 13.0 Å². The number of carbonyl (C=O) groups is 1. The van der Waals surface area contributed by atoms with Gasteiger partial charge >= 0.3 is 0 Å². The van der Waals surface area contributed by atoms with Gasteiger partial charge in [-0.05, 0) is 6.92 Å². The van der Waals surface area contributed by atoms with Gasteiger partial charge in [0.15, 0.2) is 0 Å². The topological polar surface area (TPSA) is 99.4 Å². The summed E-state index contributed by atoms with van der Waals surface area (Å²) in [6.07, 6.45) is 0. The number of hydrogen-bond acceptors (Lipinski definition) is 7. The van der Waals surface area contributed by atoms with Crippen LogP contribution in [0.2, 0.25) is 0 Å². The quantitative estimate of drug-likeness (QED) is 0.667. The van der Waals surface area contributed by atoms with E-state index in [1.807, 2.05) is 6.92 Å². The fraction of sp³-hybridized carbons (Fsp3) is 0.667. The number of anilines is 1. The number of methoxy groups -OCH3 is 1. The molecule has 1 aromatic heterocycles. The number of nitrogen functional groups attached to an aromatic ring is 1. The average Bonchev–Trinajstić information content (AvgIpc) is 2.71. The van der Waals surface area contributed by atoms with Gasteiger partial charge in [-0.3, -0.25) is 4.79 Å². The molecule has 0 saturated carbocycles. The number of hydrogen-bond donors (Lipinski definition) is 2. The molecule has 1 amide bonds. The molecule has 0 fully saturated rings. The van der Waals surface area contributed by atoms with Gasteiger partial charge in [0.05, 0.1) is 19.3 Å². The normalized spacial score (nSPS) is 12.4. The van der Waals surface area contributed by atoms with Gasteiger partial charge in [0.2, 0.25) is 11.0 Å². The minimum absolute atomic E-state index is 0.00197. The van der Waals surface area contributed by atoms with Crippen molar-refractivity contribution in [2.24, 2.45) is 0 Å². The van der Waals surface area contributed by atoms with Gasteiger partial charge < -0.3 is 20.5 Å². The van der Waals surface area contributed by atoms with Gasteiger partial charge in [0.25, 0.3) is 0 Å². The van der Waals surface area contributed by atoms with E-state index in [1.165, 1.54) is 11.3 Å². The zero-order valence-electron chi connectivity index (χ0n) is 9.80. The number of nitrogens with zero attached hydrogens (tertiary/aromatic N) is 2. The van der Waals surface area contributed by atoms with E-state index >= 15 is 0 Å². The van der Waals surface area contributed by atoms with Gasteiger partial charge in [0, 0.05) is 7.11 Å². The van der Waals surface area contributed by atoms with Crippen molar-refractivity contribution in [2.75, 3.05) is 32.7 Å². The highest BCUT2D eigenvalue weighted by atomic mass is 32.1. The fourth-order valence-electron chi connectivity index (χ4n) is 1.07. The molecule has 96 valence electrons. The SMILES string of the molecule is COCCOCC(=O)N[C@H](C)c1nnc(N)s1. The van der Waals surface area contributed by atoms with Crippen LogP contribution in [0, 0.1) is 0 Å². The first-order chi connectivity index (χ1) is 8.13. The second-order valence-corrected chi connectivity index (χ2v) is 4.35. The first-order valence-electron chi connectivity index (χ1n) is 5.08. The summed E-state index contributed by atoms with van der Waals surface area (Å²) in [6.45, 7) is 2.68. The molecule has 0 unspecified atom stereocenters. The van der Waals surface area contributed by atoms with Crippen molar-refractivity contribution in [3.05, 3.63) is 5.01 Å². The van der Waals surface area contributed by atoms with Crippen molar-refractivity contribution < 1.29 is 14.3 Å². The Labute approximate surface area is 103 Å². The molecule has 8 heteroatoms. The number of nitrogens with one attached hydrogen (secondary N) is 1. The van der Waals surface area contributed by atoms with Gasteiger partial charge in [0.1, 0.15) is 11.6 Å². The molecular weight excluding hydrogens is 244 g/mol. The minimum Gasteiger partial charge on any atom is -0.382 e. The third-order valence-electron chi connectivity index (χ3n) is 1.87. The molecule has 0 saturated heterocycles. The Morgan fingerprint density at radius 2 is 2.29 bits per heavy atom. The van der Waals surface area contributed by atoms with Crippen LogP contribution in [0.3, 0.4) is 0 Å². The number of amides is 1. The average molecular weight is 260 g/mol. The van der Waals surface area contributed by atoms with E-state index in [1.54, 1.807) is 7.11 Å². The van der Waals surface area contributed by atoms with Crippen LogP contribution in [-0.2, 0) is 14.3 Å². The van der Waals surface area contributed by atoms with Gasteiger partial charge in [-0.1, -0.05) is 11.3 Å². The lowest BCUT2D eigenvalue weighted by molar-refractivity contribution is -0.126. The minimum atomic E-state index is -0.219. The molecule has 0 spiro atoms. The van der Waals surface area contributed by atoms with Crippen LogP contribution >= 0.6 is 11.3 Å². The van der Waals surface area contributed by atoms with Crippen LogP contribution in [0.25, 0.3) is 0 Å². The molecule has 3 N–H and O–H groups in total. The Balaban J connectivity index is 2.26. The maximum Gasteiger partial charge on any atom is 0.246 e. The Morgan fingerprint density at radius 1 is 1.53 bits per heavy atom. The van der Waals surface area contributed by atoms with Crippen molar-refractivity contribution in [1.82, 2.24) is 15.5 Å². The summed E-state index contributed by atoms with van der Waals surface area (Å²) < 4.78 is 9.87. The highest BCUT2D eigenvalue weighted by Gasteiger charge is 2.13. The molecular formula is C9H16N4O3S. The van der Waals surface area contributed by atoms with Crippen molar-refractivity contribution in [1.29, 1.82) is 0 Å². The highest BCUT2D eigenvalue weighted by Crippen LogP contribution is 2.18. The zero-order valence-corrected chi connectivity index (χ0v) is 10.6. The summed E-state index contributed by atoms with van der Waals surface area (Å²) in [7, 11) is 1.57. The van der Waals surface area contributed by atoms with E-state index < -0.39 is 0 Å². The first kappa shape index (κ1) is 13.8. The number of nitrogens with two attached hydrogens (primary N) is 1. The third kappa shape index (κ3) is 5.07. The summed E-state index contributed by atoms with van der Waals surface area (Å²) >= 11 is 1.25. The van der Waals surface area contributed by atoms with Crippen LogP contribution in [0.5, 0.6) is 0 Å². The summed E-state index contributed by atoms with van der Waals surface area (Å²) in [5.41, 5.74) is 5.45.